The lowest BCUT2D eigenvalue weighted by atomic mass is 10.1. The van der Waals surface area contributed by atoms with Crippen molar-refractivity contribution in [3.8, 4) is 11.3 Å². The first kappa shape index (κ1) is 13.9. The third-order valence-corrected chi connectivity index (χ3v) is 3.62. The summed E-state index contributed by atoms with van der Waals surface area (Å²) in [5.74, 6) is 0.439. The van der Waals surface area contributed by atoms with Gasteiger partial charge in [-0.25, -0.2) is 4.39 Å². The average molecular weight is 395 g/mol. The summed E-state index contributed by atoms with van der Waals surface area (Å²) in [5, 5.41) is 6.83. The van der Waals surface area contributed by atoms with Gasteiger partial charge in [0.25, 0.3) is 0 Å². The van der Waals surface area contributed by atoms with Gasteiger partial charge in [0.05, 0.1) is 5.69 Å². The second-order valence-electron chi connectivity index (χ2n) is 4.44. The van der Waals surface area contributed by atoms with E-state index in [-0.39, 0.29) is 11.6 Å². The molecule has 0 atom stereocenters. The predicted molar refractivity (Wildman–Crippen MR) is 88.8 cm³/mol. The Balaban J connectivity index is 2.00. The second kappa shape index (κ2) is 5.72. The van der Waals surface area contributed by atoms with Crippen LogP contribution in [0.25, 0.3) is 11.3 Å². The molecule has 0 unspecified atom stereocenters. The Bertz CT molecular complexity index is 771. The van der Waals surface area contributed by atoms with E-state index in [9.17, 15) is 4.39 Å². The number of anilines is 3. The van der Waals surface area contributed by atoms with Gasteiger partial charge >= 0.3 is 0 Å². The summed E-state index contributed by atoms with van der Waals surface area (Å²) in [6.07, 6.45) is 0. The van der Waals surface area contributed by atoms with Crippen molar-refractivity contribution < 1.29 is 8.91 Å². The molecule has 0 saturated heterocycles. The number of hydrogen-bond acceptors (Lipinski definition) is 4. The van der Waals surface area contributed by atoms with Crippen LogP contribution in [-0.2, 0) is 0 Å². The summed E-state index contributed by atoms with van der Waals surface area (Å²) in [6.45, 7) is 0. The second-order valence-corrected chi connectivity index (χ2v) is 5.68. The van der Waals surface area contributed by atoms with Gasteiger partial charge < -0.3 is 15.6 Å². The largest absolute Gasteiger partial charge is 0.381 e. The molecule has 106 valence electrons. The molecular formula is C15H11FIN3O. The Morgan fingerprint density at radius 1 is 1.10 bits per heavy atom. The van der Waals surface area contributed by atoms with Crippen LogP contribution < -0.4 is 11.1 Å². The highest BCUT2D eigenvalue weighted by Crippen LogP contribution is 2.32. The molecule has 0 bridgehead atoms. The van der Waals surface area contributed by atoms with E-state index in [2.05, 4.69) is 33.1 Å². The molecule has 1 aromatic heterocycles. The number of nitrogens with zero attached hydrogens (tertiary/aromatic N) is 1. The van der Waals surface area contributed by atoms with Gasteiger partial charge in [-0.3, -0.25) is 0 Å². The molecule has 0 aliphatic heterocycles. The molecule has 2 aromatic carbocycles. The van der Waals surface area contributed by atoms with Crippen molar-refractivity contribution in [3.05, 3.63) is 57.9 Å². The first-order valence-corrected chi connectivity index (χ1v) is 7.24. The van der Waals surface area contributed by atoms with E-state index in [0.717, 1.165) is 9.26 Å². The first-order chi connectivity index (χ1) is 10.1. The molecule has 0 fully saturated rings. The molecule has 1 heterocycles. The van der Waals surface area contributed by atoms with Crippen molar-refractivity contribution in [2.24, 2.45) is 0 Å². The Morgan fingerprint density at radius 3 is 2.52 bits per heavy atom. The van der Waals surface area contributed by atoms with Crippen molar-refractivity contribution in [2.75, 3.05) is 11.1 Å². The summed E-state index contributed by atoms with van der Waals surface area (Å²) < 4.78 is 19.8. The van der Waals surface area contributed by atoms with Crippen LogP contribution in [0.4, 0.5) is 21.6 Å². The molecule has 0 saturated carbocycles. The molecule has 3 N–H and O–H groups in total. The van der Waals surface area contributed by atoms with E-state index < -0.39 is 0 Å². The van der Waals surface area contributed by atoms with Crippen LogP contribution in [0.5, 0.6) is 0 Å². The van der Waals surface area contributed by atoms with Gasteiger partial charge in [-0.2, -0.15) is 0 Å². The van der Waals surface area contributed by atoms with Gasteiger partial charge in [0, 0.05) is 20.9 Å². The van der Waals surface area contributed by atoms with E-state index in [1.54, 1.807) is 12.1 Å². The van der Waals surface area contributed by atoms with Gasteiger partial charge in [-0.15, -0.1) is 0 Å². The quantitative estimate of drug-likeness (QED) is 0.645. The molecule has 3 aromatic rings. The minimum atomic E-state index is -0.334. The maximum absolute atomic E-state index is 13.5. The van der Waals surface area contributed by atoms with E-state index in [0.29, 0.717) is 17.0 Å². The number of rotatable bonds is 3. The first-order valence-electron chi connectivity index (χ1n) is 6.16. The number of benzene rings is 2. The number of nitrogens with one attached hydrogen (secondary N) is 1. The summed E-state index contributed by atoms with van der Waals surface area (Å²) in [5.41, 5.74) is 7.71. The highest BCUT2D eigenvalue weighted by atomic mass is 127. The van der Waals surface area contributed by atoms with Crippen LogP contribution in [0.1, 0.15) is 0 Å². The summed E-state index contributed by atoms with van der Waals surface area (Å²) in [6, 6.07) is 13.8. The average Bonchev–Trinajstić information content (AvgIpc) is 2.88. The Labute approximate surface area is 134 Å². The molecule has 4 nitrogen and oxygen atoms in total. The molecule has 0 aliphatic rings. The molecule has 0 aliphatic carbocycles. The molecule has 3 rings (SSSR count). The van der Waals surface area contributed by atoms with Crippen LogP contribution in [0, 0.1) is 9.39 Å². The number of hydrogen-bond donors (Lipinski definition) is 2. The van der Waals surface area contributed by atoms with Crippen molar-refractivity contribution in [1.29, 1.82) is 0 Å². The lowest BCUT2D eigenvalue weighted by molar-refractivity contribution is 0.436. The molecule has 0 amide bonds. The molecule has 6 heteroatoms. The van der Waals surface area contributed by atoms with Crippen LogP contribution in [0.15, 0.2) is 53.1 Å². The number of nitrogens with two attached hydrogens (primary N) is 1. The maximum Gasteiger partial charge on any atom is 0.171 e. The Kier molecular flexibility index (Phi) is 3.78. The molecule has 0 spiro atoms. The minimum Gasteiger partial charge on any atom is -0.381 e. The van der Waals surface area contributed by atoms with Crippen molar-refractivity contribution in [2.45, 2.75) is 0 Å². The van der Waals surface area contributed by atoms with Crippen molar-refractivity contribution in [3.63, 3.8) is 0 Å². The standard InChI is InChI=1S/C15H11FIN3O/c16-9-1-6-12(14-8-15(18)20-21-14)13(7-9)19-11-4-2-10(17)3-5-11/h1-8,19H,(H2,18,20). The van der Waals surface area contributed by atoms with Crippen LogP contribution in [0.3, 0.4) is 0 Å². The summed E-state index contributed by atoms with van der Waals surface area (Å²) >= 11 is 2.23. The van der Waals surface area contributed by atoms with Crippen molar-refractivity contribution >= 4 is 39.8 Å². The van der Waals surface area contributed by atoms with E-state index in [1.165, 1.54) is 12.1 Å². The summed E-state index contributed by atoms with van der Waals surface area (Å²) in [7, 11) is 0. The third-order valence-electron chi connectivity index (χ3n) is 2.90. The fraction of sp³-hybridized carbons (Fsp3) is 0. The van der Waals surface area contributed by atoms with Crippen LogP contribution in [-0.4, -0.2) is 5.16 Å². The van der Waals surface area contributed by atoms with Crippen LogP contribution in [0.2, 0.25) is 0 Å². The zero-order chi connectivity index (χ0) is 14.8. The van der Waals surface area contributed by atoms with Gasteiger partial charge in [-0.05, 0) is 65.1 Å². The topological polar surface area (TPSA) is 64.1 Å². The number of nitrogen functional groups attached to an aromatic ring is 1. The Hall–Kier alpha value is -2.09. The number of aromatic nitrogens is 1. The minimum absolute atomic E-state index is 0.287. The predicted octanol–water partition coefficient (Wildman–Crippen LogP) is 4.41. The van der Waals surface area contributed by atoms with Gasteiger partial charge in [-0.1, -0.05) is 5.16 Å². The van der Waals surface area contributed by atoms with Gasteiger partial charge in [0.1, 0.15) is 5.82 Å². The smallest absolute Gasteiger partial charge is 0.171 e. The Morgan fingerprint density at radius 2 is 1.86 bits per heavy atom. The molecular weight excluding hydrogens is 384 g/mol. The fourth-order valence-electron chi connectivity index (χ4n) is 1.94. The highest BCUT2D eigenvalue weighted by Gasteiger charge is 2.11. The number of halogens is 2. The van der Waals surface area contributed by atoms with E-state index in [4.69, 9.17) is 10.3 Å². The molecule has 0 radical (unpaired) electrons. The van der Waals surface area contributed by atoms with Gasteiger partial charge in [0.15, 0.2) is 11.6 Å². The monoisotopic (exact) mass is 395 g/mol. The van der Waals surface area contributed by atoms with Gasteiger partial charge in [0.2, 0.25) is 0 Å². The maximum atomic E-state index is 13.5. The van der Waals surface area contributed by atoms with E-state index >= 15 is 0 Å². The fourth-order valence-corrected chi connectivity index (χ4v) is 2.30. The molecule has 21 heavy (non-hydrogen) atoms. The van der Waals surface area contributed by atoms with E-state index in [1.807, 2.05) is 24.3 Å². The summed E-state index contributed by atoms with van der Waals surface area (Å²) in [4.78, 5) is 0. The normalized spacial score (nSPS) is 10.6. The van der Waals surface area contributed by atoms with Crippen LogP contribution >= 0.6 is 22.6 Å². The SMILES string of the molecule is Nc1cc(-c2ccc(F)cc2Nc2ccc(I)cc2)on1. The zero-order valence-electron chi connectivity index (χ0n) is 10.8. The zero-order valence-corrected chi connectivity index (χ0v) is 13.0. The highest BCUT2D eigenvalue weighted by molar-refractivity contribution is 14.1. The lowest BCUT2D eigenvalue weighted by Crippen LogP contribution is -1.94. The third kappa shape index (κ3) is 3.15. The van der Waals surface area contributed by atoms with Crippen molar-refractivity contribution in [1.82, 2.24) is 5.16 Å². The lowest BCUT2D eigenvalue weighted by Gasteiger charge is -2.10.